The highest BCUT2D eigenvalue weighted by atomic mass is 35.5. The zero-order valence-electron chi connectivity index (χ0n) is 11.4. The van der Waals surface area contributed by atoms with E-state index >= 15 is 0 Å². The first-order valence-corrected chi connectivity index (χ1v) is 7.66. The fourth-order valence-electron chi connectivity index (χ4n) is 2.43. The van der Waals surface area contributed by atoms with E-state index in [9.17, 15) is 0 Å². The average molecular weight is 320 g/mol. The molecule has 1 fully saturated rings. The molecule has 0 saturated heterocycles. The fraction of sp³-hybridized carbons (Fsp3) is 0.235. The molecule has 4 heteroatoms. The van der Waals surface area contributed by atoms with Crippen LogP contribution >= 0.6 is 23.2 Å². The van der Waals surface area contributed by atoms with Crippen LogP contribution < -0.4 is 0 Å². The van der Waals surface area contributed by atoms with Crippen LogP contribution in [0.5, 0.6) is 0 Å². The SMILES string of the molecule is Clc1cc(Cl)cc(C2CCC2=NOCc2ccccc2)c1. The normalized spacial score (nSPS) is 19.3. The maximum absolute atomic E-state index is 6.05. The predicted molar refractivity (Wildman–Crippen MR) is 87.1 cm³/mol. The number of oxime groups is 1. The van der Waals surface area contributed by atoms with Gasteiger partial charge in [-0.2, -0.15) is 0 Å². The second-order valence-corrected chi connectivity index (χ2v) is 6.01. The van der Waals surface area contributed by atoms with Crippen LogP contribution in [0.3, 0.4) is 0 Å². The molecule has 108 valence electrons. The Morgan fingerprint density at radius 1 is 1.05 bits per heavy atom. The molecular formula is C17H15Cl2NO. The van der Waals surface area contributed by atoms with Crippen molar-refractivity contribution in [2.24, 2.45) is 5.16 Å². The van der Waals surface area contributed by atoms with Crippen LogP contribution in [-0.4, -0.2) is 5.71 Å². The van der Waals surface area contributed by atoms with E-state index in [1.165, 1.54) is 0 Å². The number of hydrogen-bond donors (Lipinski definition) is 0. The fourth-order valence-corrected chi connectivity index (χ4v) is 2.97. The molecule has 0 radical (unpaired) electrons. The quantitative estimate of drug-likeness (QED) is 0.687. The molecule has 1 atom stereocenters. The monoisotopic (exact) mass is 319 g/mol. The molecule has 1 aliphatic rings. The standard InChI is InChI=1S/C17H15Cl2NO/c18-14-8-13(9-15(19)10-14)16-6-7-17(16)20-21-11-12-4-2-1-3-5-12/h1-5,8-10,16H,6-7,11H2. The zero-order valence-corrected chi connectivity index (χ0v) is 12.9. The summed E-state index contributed by atoms with van der Waals surface area (Å²) in [6.07, 6.45) is 2.02. The van der Waals surface area contributed by atoms with Crippen LogP contribution in [-0.2, 0) is 11.4 Å². The minimum atomic E-state index is 0.275. The number of benzene rings is 2. The second-order valence-electron chi connectivity index (χ2n) is 5.14. The van der Waals surface area contributed by atoms with Crippen molar-refractivity contribution < 1.29 is 4.84 Å². The number of rotatable bonds is 4. The molecule has 0 amide bonds. The topological polar surface area (TPSA) is 21.6 Å². The van der Waals surface area contributed by atoms with Crippen molar-refractivity contribution in [2.45, 2.75) is 25.4 Å². The van der Waals surface area contributed by atoms with Gasteiger partial charge in [0.1, 0.15) is 6.61 Å². The van der Waals surface area contributed by atoms with Crippen molar-refractivity contribution in [1.29, 1.82) is 0 Å². The number of halogens is 2. The van der Waals surface area contributed by atoms with Crippen LogP contribution in [0.2, 0.25) is 10.0 Å². The minimum absolute atomic E-state index is 0.275. The Bertz CT molecular complexity index is 635. The third-order valence-corrected chi connectivity index (χ3v) is 4.07. The molecule has 1 unspecified atom stereocenters. The first-order chi connectivity index (χ1) is 10.2. The Morgan fingerprint density at radius 3 is 2.38 bits per heavy atom. The van der Waals surface area contributed by atoms with Gasteiger partial charge in [-0.1, -0.05) is 58.7 Å². The summed E-state index contributed by atoms with van der Waals surface area (Å²) in [6, 6.07) is 15.7. The highest BCUT2D eigenvalue weighted by molar-refractivity contribution is 6.34. The van der Waals surface area contributed by atoms with Gasteiger partial charge in [-0.25, -0.2) is 0 Å². The van der Waals surface area contributed by atoms with Crippen LogP contribution in [0.4, 0.5) is 0 Å². The maximum Gasteiger partial charge on any atom is 0.142 e. The molecular weight excluding hydrogens is 305 g/mol. The van der Waals surface area contributed by atoms with Gasteiger partial charge in [0.2, 0.25) is 0 Å². The zero-order chi connectivity index (χ0) is 14.7. The van der Waals surface area contributed by atoms with Gasteiger partial charge in [-0.05, 0) is 42.2 Å². The van der Waals surface area contributed by atoms with Crippen LogP contribution in [0.15, 0.2) is 53.7 Å². The Balaban J connectivity index is 1.65. The van der Waals surface area contributed by atoms with Gasteiger partial charge >= 0.3 is 0 Å². The summed E-state index contributed by atoms with van der Waals surface area (Å²) in [6.45, 7) is 0.493. The molecule has 1 saturated carbocycles. The lowest BCUT2D eigenvalue weighted by atomic mass is 9.78. The highest BCUT2D eigenvalue weighted by Gasteiger charge is 2.28. The molecule has 0 aromatic heterocycles. The molecule has 2 aromatic rings. The van der Waals surface area contributed by atoms with E-state index in [2.05, 4.69) is 5.16 Å². The van der Waals surface area contributed by atoms with E-state index in [0.29, 0.717) is 16.7 Å². The molecule has 0 heterocycles. The van der Waals surface area contributed by atoms with E-state index in [-0.39, 0.29) is 5.92 Å². The van der Waals surface area contributed by atoms with Crippen LogP contribution in [0.1, 0.15) is 29.9 Å². The Morgan fingerprint density at radius 2 is 1.76 bits per heavy atom. The molecule has 2 nitrogen and oxygen atoms in total. The van der Waals surface area contributed by atoms with Crippen LogP contribution in [0.25, 0.3) is 0 Å². The van der Waals surface area contributed by atoms with Gasteiger partial charge in [0.15, 0.2) is 0 Å². The van der Waals surface area contributed by atoms with Crippen LogP contribution in [0, 0.1) is 0 Å². The van der Waals surface area contributed by atoms with Gasteiger partial charge in [0.25, 0.3) is 0 Å². The summed E-state index contributed by atoms with van der Waals surface area (Å²) >= 11 is 12.1. The van der Waals surface area contributed by atoms with Crippen molar-refractivity contribution in [1.82, 2.24) is 0 Å². The van der Waals surface area contributed by atoms with Crippen molar-refractivity contribution in [3.8, 4) is 0 Å². The highest BCUT2D eigenvalue weighted by Crippen LogP contribution is 2.36. The lowest BCUT2D eigenvalue weighted by Crippen LogP contribution is -2.24. The first-order valence-electron chi connectivity index (χ1n) is 6.91. The summed E-state index contributed by atoms with van der Waals surface area (Å²) < 4.78 is 0. The van der Waals surface area contributed by atoms with Gasteiger partial charge < -0.3 is 4.84 Å². The van der Waals surface area contributed by atoms with Gasteiger partial charge in [0.05, 0.1) is 5.71 Å². The summed E-state index contributed by atoms with van der Waals surface area (Å²) in [4.78, 5) is 5.46. The molecule has 2 aromatic carbocycles. The van der Waals surface area contributed by atoms with E-state index in [1.54, 1.807) is 6.07 Å². The first kappa shape index (κ1) is 14.4. The van der Waals surface area contributed by atoms with Crippen molar-refractivity contribution in [3.63, 3.8) is 0 Å². The molecule has 0 bridgehead atoms. The van der Waals surface area contributed by atoms with Crippen molar-refractivity contribution in [2.75, 3.05) is 0 Å². The Labute approximate surface area is 134 Å². The van der Waals surface area contributed by atoms with E-state index < -0.39 is 0 Å². The van der Waals surface area contributed by atoms with Crippen molar-refractivity contribution in [3.05, 3.63) is 69.7 Å². The predicted octanol–water partition coefficient (Wildman–Crippen LogP) is 5.44. The van der Waals surface area contributed by atoms with Crippen molar-refractivity contribution >= 4 is 28.9 Å². The number of hydrogen-bond acceptors (Lipinski definition) is 2. The third-order valence-electron chi connectivity index (χ3n) is 3.63. The molecule has 1 aliphatic carbocycles. The van der Waals surface area contributed by atoms with E-state index in [0.717, 1.165) is 29.7 Å². The van der Waals surface area contributed by atoms with Gasteiger partial charge in [-0.15, -0.1) is 0 Å². The summed E-state index contributed by atoms with van der Waals surface area (Å²) in [5.74, 6) is 0.275. The Kier molecular flexibility index (Phi) is 4.47. The van der Waals surface area contributed by atoms with E-state index in [1.807, 2.05) is 42.5 Å². The average Bonchev–Trinajstić information content (AvgIpc) is 2.42. The summed E-state index contributed by atoms with van der Waals surface area (Å²) in [5, 5.41) is 5.59. The third kappa shape index (κ3) is 3.58. The maximum atomic E-state index is 6.05. The summed E-state index contributed by atoms with van der Waals surface area (Å²) in [5.41, 5.74) is 3.29. The minimum Gasteiger partial charge on any atom is -0.391 e. The molecule has 3 rings (SSSR count). The summed E-state index contributed by atoms with van der Waals surface area (Å²) in [7, 11) is 0. The van der Waals surface area contributed by atoms with Gasteiger partial charge in [0, 0.05) is 16.0 Å². The lowest BCUT2D eigenvalue weighted by Gasteiger charge is -2.28. The molecule has 0 aliphatic heterocycles. The molecule has 0 spiro atoms. The van der Waals surface area contributed by atoms with Gasteiger partial charge in [-0.3, -0.25) is 0 Å². The van der Waals surface area contributed by atoms with E-state index in [4.69, 9.17) is 28.0 Å². The lowest BCUT2D eigenvalue weighted by molar-refractivity contribution is 0.127. The molecule has 0 N–H and O–H groups in total. The molecule has 21 heavy (non-hydrogen) atoms. The number of nitrogens with zero attached hydrogens (tertiary/aromatic N) is 1. The smallest absolute Gasteiger partial charge is 0.142 e. The Hall–Kier alpha value is -1.51. The second kappa shape index (κ2) is 6.50. The largest absolute Gasteiger partial charge is 0.391 e.